The van der Waals surface area contributed by atoms with Gasteiger partial charge in [-0.3, -0.25) is 0 Å². The predicted molar refractivity (Wildman–Crippen MR) is 59.1 cm³/mol. The van der Waals surface area contributed by atoms with Gasteiger partial charge in [0.2, 0.25) is 0 Å². The summed E-state index contributed by atoms with van der Waals surface area (Å²) in [6, 6.07) is 0.371. The van der Waals surface area contributed by atoms with Gasteiger partial charge in [-0.1, -0.05) is 13.8 Å². The molecule has 0 aromatic rings. The first kappa shape index (κ1) is 12.0. The van der Waals surface area contributed by atoms with E-state index in [0.29, 0.717) is 12.0 Å². The maximum Gasteiger partial charge on any atom is 0.0768 e. The fourth-order valence-electron chi connectivity index (χ4n) is 1.75. The first-order valence-electron chi connectivity index (χ1n) is 5.62. The highest BCUT2D eigenvalue weighted by atomic mass is 16.3. The molecule has 1 unspecified atom stereocenters. The number of nitrogens with two attached hydrogens (primary N) is 1. The van der Waals surface area contributed by atoms with E-state index < -0.39 is 5.60 Å². The van der Waals surface area contributed by atoms with Gasteiger partial charge in [-0.25, -0.2) is 0 Å². The van der Waals surface area contributed by atoms with Gasteiger partial charge in [0.05, 0.1) is 5.60 Å². The summed E-state index contributed by atoms with van der Waals surface area (Å²) in [6.45, 7) is 8.89. The molecular weight excluding hydrogens is 176 g/mol. The lowest BCUT2D eigenvalue weighted by Crippen LogP contribution is -2.49. The molecule has 14 heavy (non-hydrogen) atoms. The fraction of sp³-hybridized carbons (Fsp3) is 1.00. The topological polar surface area (TPSA) is 49.5 Å². The fourth-order valence-corrected chi connectivity index (χ4v) is 1.75. The van der Waals surface area contributed by atoms with E-state index in [2.05, 4.69) is 18.7 Å². The Balaban J connectivity index is 2.37. The van der Waals surface area contributed by atoms with Crippen LogP contribution in [0.25, 0.3) is 0 Å². The standard InChI is InChI=1S/C11H24N2O/c1-9(2)11(3,14)8-13-6-4-10(12)5-7-13/h9-10,14H,4-8,12H2,1-3H3. The maximum atomic E-state index is 10.1. The van der Waals surface area contributed by atoms with Crippen LogP contribution in [0.2, 0.25) is 0 Å². The average molecular weight is 200 g/mol. The molecule has 3 nitrogen and oxygen atoms in total. The highest BCUT2D eigenvalue weighted by Crippen LogP contribution is 2.19. The summed E-state index contributed by atoms with van der Waals surface area (Å²) in [7, 11) is 0. The summed E-state index contributed by atoms with van der Waals surface area (Å²) >= 11 is 0. The van der Waals surface area contributed by atoms with Crippen molar-refractivity contribution in [2.45, 2.75) is 45.3 Å². The Hall–Kier alpha value is -0.120. The minimum Gasteiger partial charge on any atom is -0.389 e. The zero-order valence-electron chi connectivity index (χ0n) is 9.66. The van der Waals surface area contributed by atoms with Gasteiger partial charge in [-0.2, -0.15) is 0 Å². The molecule has 0 amide bonds. The van der Waals surface area contributed by atoms with Gasteiger partial charge in [-0.05, 0) is 38.8 Å². The van der Waals surface area contributed by atoms with Crippen LogP contribution in [0.4, 0.5) is 0 Å². The lowest BCUT2D eigenvalue weighted by atomic mass is 9.91. The average Bonchev–Trinajstić information content (AvgIpc) is 2.08. The summed E-state index contributed by atoms with van der Waals surface area (Å²) in [5.41, 5.74) is 5.26. The van der Waals surface area contributed by atoms with Gasteiger partial charge < -0.3 is 15.7 Å². The van der Waals surface area contributed by atoms with Gasteiger partial charge in [0.15, 0.2) is 0 Å². The van der Waals surface area contributed by atoms with Gasteiger partial charge in [0, 0.05) is 12.6 Å². The molecule has 0 saturated carbocycles. The van der Waals surface area contributed by atoms with E-state index in [0.717, 1.165) is 32.5 Å². The van der Waals surface area contributed by atoms with Crippen molar-refractivity contribution in [1.82, 2.24) is 4.90 Å². The van der Waals surface area contributed by atoms with Crippen LogP contribution in [0.3, 0.4) is 0 Å². The molecule has 3 N–H and O–H groups in total. The Morgan fingerprint density at radius 1 is 1.43 bits per heavy atom. The maximum absolute atomic E-state index is 10.1. The van der Waals surface area contributed by atoms with Crippen molar-refractivity contribution >= 4 is 0 Å². The second-order valence-corrected chi connectivity index (χ2v) is 5.13. The van der Waals surface area contributed by atoms with Crippen molar-refractivity contribution in [2.24, 2.45) is 11.7 Å². The third-order valence-electron chi connectivity index (χ3n) is 3.42. The first-order valence-corrected chi connectivity index (χ1v) is 5.62. The van der Waals surface area contributed by atoms with E-state index >= 15 is 0 Å². The molecule has 1 fully saturated rings. The summed E-state index contributed by atoms with van der Waals surface area (Å²) in [4.78, 5) is 2.32. The molecule has 1 atom stereocenters. The zero-order chi connectivity index (χ0) is 10.8. The number of aliphatic hydroxyl groups is 1. The van der Waals surface area contributed by atoms with Gasteiger partial charge in [-0.15, -0.1) is 0 Å². The summed E-state index contributed by atoms with van der Waals surface area (Å²) in [5, 5.41) is 10.1. The summed E-state index contributed by atoms with van der Waals surface area (Å²) < 4.78 is 0. The Bertz CT molecular complexity index is 172. The monoisotopic (exact) mass is 200 g/mol. The van der Waals surface area contributed by atoms with Crippen molar-refractivity contribution in [2.75, 3.05) is 19.6 Å². The zero-order valence-corrected chi connectivity index (χ0v) is 9.66. The van der Waals surface area contributed by atoms with E-state index in [9.17, 15) is 5.11 Å². The molecule has 0 bridgehead atoms. The van der Waals surface area contributed by atoms with Crippen molar-refractivity contribution < 1.29 is 5.11 Å². The minimum absolute atomic E-state index is 0.304. The molecule has 1 aliphatic heterocycles. The molecular formula is C11H24N2O. The quantitative estimate of drug-likeness (QED) is 0.709. The number of β-amino-alcohol motifs (C(OH)–C–C–N with tert-alkyl or cyclic N) is 1. The summed E-state index contributed by atoms with van der Waals surface area (Å²) in [5.74, 6) is 0.304. The van der Waals surface area contributed by atoms with Crippen LogP contribution in [0.5, 0.6) is 0 Å². The molecule has 1 aliphatic rings. The SMILES string of the molecule is CC(C)C(C)(O)CN1CCC(N)CC1. The highest BCUT2D eigenvalue weighted by molar-refractivity contribution is 4.83. The second kappa shape index (κ2) is 4.60. The summed E-state index contributed by atoms with van der Waals surface area (Å²) in [6.07, 6.45) is 2.13. The lowest BCUT2D eigenvalue weighted by Gasteiger charge is -2.37. The van der Waals surface area contributed by atoms with Crippen molar-refractivity contribution in [3.63, 3.8) is 0 Å². The molecule has 84 valence electrons. The van der Waals surface area contributed by atoms with Crippen LogP contribution in [0.15, 0.2) is 0 Å². The smallest absolute Gasteiger partial charge is 0.0768 e. The predicted octanol–water partition coefficient (Wildman–Crippen LogP) is 0.816. The van der Waals surface area contributed by atoms with Crippen molar-refractivity contribution in [3.05, 3.63) is 0 Å². The van der Waals surface area contributed by atoms with E-state index in [4.69, 9.17) is 5.73 Å². The molecule has 0 spiro atoms. The molecule has 1 heterocycles. The molecule has 0 aliphatic carbocycles. The third-order valence-corrected chi connectivity index (χ3v) is 3.42. The normalized spacial score (nSPS) is 25.3. The Kier molecular flexibility index (Phi) is 3.93. The van der Waals surface area contributed by atoms with E-state index in [1.807, 2.05) is 6.92 Å². The molecule has 1 saturated heterocycles. The number of hydrogen-bond donors (Lipinski definition) is 2. The number of rotatable bonds is 3. The van der Waals surface area contributed by atoms with E-state index in [-0.39, 0.29) is 0 Å². The lowest BCUT2D eigenvalue weighted by molar-refractivity contribution is -0.0235. The van der Waals surface area contributed by atoms with Crippen LogP contribution in [-0.2, 0) is 0 Å². The molecule has 3 heteroatoms. The third kappa shape index (κ3) is 3.23. The Morgan fingerprint density at radius 2 is 1.93 bits per heavy atom. The number of likely N-dealkylation sites (tertiary alicyclic amines) is 1. The second-order valence-electron chi connectivity index (χ2n) is 5.13. The Morgan fingerprint density at radius 3 is 2.36 bits per heavy atom. The molecule has 0 aromatic heterocycles. The first-order chi connectivity index (χ1) is 6.42. The van der Waals surface area contributed by atoms with Gasteiger partial charge in [0.25, 0.3) is 0 Å². The molecule has 0 radical (unpaired) electrons. The van der Waals surface area contributed by atoms with E-state index in [1.165, 1.54) is 0 Å². The number of piperidine rings is 1. The number of nitrogens with zero attached hydrogens (tertiary/aromatic N) is 1. The van der Waals surface area contributed by atoms with Crippen LogP contribution in [0, 0.1) is 5.92 Å². The van der Waals surface area contributed by atoms with Crippen molar-refractivity contribution in [3.8, 4) is 0 Å². The van der Waals surface area contributed by atoms with Crippen molar-refractivity contribution in [1.29, 1.82) is 0 Å². The van der Waals surface area contributed by atoms with Gasteiger partial charge in [0.1, 0.15) is 0 Å². The van der Waals surface area contributed by atoms with Crippen LogP contribution in [0.1, 0.15) is 33.6 Å². The van der Waals surface area contributed by atoms with Gasteiger partial charge >= 0.3 is 0 Å². The van der Waals surface area contributed by atoms with E-state index in [1.54, 1.807) is 0 Å². The van der Waals surface area contributed by atoms with Crippen LogP contribution < -0.4 is 5.73 Å². The highest BCUT2D eigenvalue weighted by Gasteiger charge is 2.29. The molecule has 0 aromatic carbocycles. The number of hydrogen-bond acceptors (Lipinski definition) is 3. The molecule has 1 rings (SSSR count). The van der Waals surface area contributed by atoms with Crippen LogP contribution in [-0.4, -0.2) is 41.3 Å². The Labute approximate surface area is 87.3 Å². The largest absolute Gasteiger partial charge is 0.389 e. The van der Waals surface area contributed by atoms with Crippen LogP contribution >= 0.6 is 0 Å². The minimum atomic E-state index is -0.568.